The number of hydrogen-bond donors (Lipinski definition) is 1. The summed E-state index contributed by atoms with van der Waals surface area (Å²) in [6.45, 7) is 1.77. The van der Waals surface area contributed by atoms with Gasteiger partial charge >= 0.3 is 5.97 Å². The Hall–Kier alpha value is -2.37. The van der Waals surface area contributed by atoms with E-state index in [1.165, 1.54) is 12.1 Å². The van der Waals surface area contributed by atoms with Gasteiger partial charge in [-0.2, -0.15) is 0 Å². The lowest BCUT2D eigenvalue weighted by molar-refractivity contribution is 0.0686. The normalized spacial score (nSPS) is 16.1. The van der Waals surface area contributed by atoms with Crippen LogP contribution in [0.15, 0.2) is 42.5 Å². The van der Waals surface area contributed by atoms with Crippen LogP contribution in [-0.4, -0.2) is 40.7 Å². The number of aromatic nitrogens is 1. The number of aromatic carboxylic acids is 1. The lowest BCUT2D eigenvalue weighted by Gasteiger charge is -2.29. The first-order valence-corrected chi connectivity index (χ1v) is 9.35. The van der Waals surface area contributed by atoms with Gasteiger partial charge in [0.1, 0.15) is 11.5 Å². The molecule has 1 saturated heterocycles. The van der Waals surface area contributed by atoms with Crippen LogP contribution in [-0.2, 0) is 0 Å². The zero-order chi connectivity index (χ0) is 19.1. The number of benzene rings is 2. The number of hydrogen-bond acceptors (Lipinski definition) is 2. The Bertz CT molecular complexity index is 1010. The average molecular weight is 387 g/mol. The van der Waals surface area contributed by atoms with Gasteiger partial charge in [0.25, 0.3) is 0 Å². The Kier molecular flexibility index (Phi) is 4.66. The van der Waals surface area contributed by atoms with Crippen LogP contribution >= 0.6 is 11.6 Å². The maximum Gasteiger partial charge on any atom is 0.353 e. The summed E-state index contributed by atoms with van der Waals surface area (Å²) in [6, 6.07) is 12.2. The third-order valence-corrected chi connectivity index (χ3v) is 5.68. The Morgan fingerprint density at radius 3 is 2.48 bits per heavy atom. The van der Waals surface area contributed by atoms with E-state index in [1.807, 2.05) is 30.3 Å². The highest BCUT2D eigenvalue weighted by Gasteiger charge is 2.31. The number of carboxylic acids is 1. The second-order valence-corrected chi connectivity index (χ2v) is 7.51. The first kappa shape index (κ1) is 18.0. The van der Waals surface area contributed by atoms with Crippen LogP contribution in [0.1, 0.15) is 34.8 Å². The number of para-hydroxylation sites is 1. The molecular formula is C21H20ClFN2O2. The van der Waals surface area contributed by atoms with Crippen LogP contribution in [0.3, 0.4) is 0 Å². The molecule has 2 aromatic carbocycles. The summed E-state index contributed by atoms with van der Waals surface area (Å²) in [4.78, 5) is 14.5. The largest absolute Gasteiger partial charge is 0.477 e. The molecule has 0 unspecified atom stereocenters. The molecule has 1 aromatic heterocycles. The van der Waals surface area contributed by atoms with Gasteiger partial charge in [0.05, 0.1) is 10.5 Å². The molecule has 0 aliphatic carbocycles. The predicted molar refractivity (Wildman–Crippen MR) is 105 cm³/mol. The minimum atomic E-state index is -1.01. The predicted octanol–water partition coefficient (Wildman–Crippen LogP) is 4.93. The van der Waals surface area contributed by atoms with E-state index in [4.69, 9.17) is 11.6 Å². The highest BCUT2D eigenvalue weighted by Crippen LogP contribution is 2.40. The first-order chi connectivity index (χ1) is 13.0. The van der Waals surface area contributed by atoms with Crippen molar-refractivity contribution in [1.29, 1.82) is 0 Å². The highest BCUT2D eigenvalue weighted by atomic mass is 35.5. The van der Waals surface area contributed by atoms with Gasteiger partial charge in [-0.1, -0.05) is 29.8 Å². The number of carbonyl (C=O) groups is 1. The van der Waals surface area contributed by atoms with Crippen LogP contribution in [0.4, 0.5) is 4.39 Å². The van der Waals surface area contributed by atoms with Crippen LogP contribution in [0.2, 0.25) is 5.02 Å². The van der Waals surface area contributed by atoms with Crippen molar-refractivity contribution >= 4 is 28.5 Å². The minimum Gasteiger partial charge on any atom is -0.477 e. The number of nitrogens with zero attached hydrogens (tertiary/aromatic N) is 2. The van der Waals surface area contributed by atoms with E-state index < -0.39 is 11.8 Å². The molecule has 6 heteroatoms. The van der Waals surface area contributed by atoms with Crippen molar-refractivity contribution in [3.8, 4) is 5.69 Å². The van der Waals surface area contributed by atoms with E-state index in [9.17, 15) is 14.3 Å². The van der Waals surface area contributed by atoms with Crippen molar-refractivity contribution in [3.63, 3.8) is 0 Å². The molecule has 3 aromatic rings. The van der Waals surface area contributed by atoms with Gasteiger partial charge in [-0.25, -0.2) is 9.18 Å². The summed E-state index contributed by atoms with van der Waals surface area (Å²) in [7, 11) is 2.06. The van der Waals surface area contributed by atoms with Gasteiger partial charge in [0, 0.05) is 11.1 Å². The fourth-order valence-electron chi connectivity index (χ4n) is 4.07. The molecule has 1 aliphatic heterocycles. The average Bonchev–Trinajstić information content (AvgIpc) is 2.98. The molecule has 1 aliphatic rings. The van der Waals surface area contributed by atoms with Crippen LogP contribution in [0, 0.1) is 5.82 Å². The van der Waals surface area contributed by atoms with Crippen molar-refractivity contribution < 1.29 is 14.3 Å². The molecule has 0 radical (unpaired) electrons. The van der Waals surface area contributed by atoms with E-state index in [0.29, 0.717) is 16.5 Å². The Labute approximate surface area is 161 Å². The van der Waals surface area contributed by atoms with Crippen molar-refractivity contribution in [1.82, 2.24) is 9.47 Å². The molecule has 0 saturated carbocycles. The van der Waals surface area contributed by atoms with Crippen molar-refractivity contribution in [2.45, 2.75) is 18.8 Å². The van der Waals surface area contributed by atoms with Gasteiger partial charge in [-0.05, 0) is 68.7 Å². The highest BCUT2D eigenvalue weighted by molar-refractivity contribution is 6.31. The monoisotopic (exact) mass is 386 g/mol. The quantitative estimate of drug-likeness (QED) is 0.694. The van der Waals surface area contributed by atoms with E-state index >= 15 is 0 Å². The minimum absolute atomic E-state index is 0.0101. The summed E-state index contributed by atoms with van der Waals surface area (Å²) in [5, 5.41) is 10.7. The molecule has 140 valence electrons. The van der Waals surface area contributed by atoms with Crippen LogP contribution < -0.4 is 0 Å². The maximum atomic E-state index is 14.3. The fourth-order valence-corrected chi connectivity index (χ4v) is 4.23. The molecule has 27 heavy (non-hydrogen) atoms. The van der Waals surface area contributed by atoms with Gasteiger partial charge in [-0.15, -0.1) is 0 Å². The molecule has 4 nitrogen and oxygen atoms in total. The molecule has 1 fully saturated rings. The Morgan fingerprint density at radius 1 is 1.19 bits per heavy atom. The molecule has 2 heterocycles. The molecule has 4 rings (SSSR count). The topological polar surface area (TPSA) is 45.5 Å². The molecule has 0 spiro atoms. The zero-order valence-corrected chi connectivity index (χ0v) is 15.7. The summed E-state index contributed by atoms with van der Waals surface area (Å²) >= 11 is 6.05. The fraction of sp³-hybridized carbons (Fsp3) is 0.286. The van der Waals surface area contributed by atoms with Crippen molar-refractivity contribution in [3.05, 3.63) is 64.6 Å². The zero-order valence-electron chi connectivity index (χ0n) is 15.0. The van der Waals surface area contributed by atoms with Crippen molar-refractivity contribution in [2.24, 2.45) is 0 Å². The number of fused-ring (bicyclic) bond motifs is 1. The van der Waals surface area contributed by atoms with E-state index in [1.54, 1.807) is 4.57 Å². The SMILES string of the molecule is CN1CCC(c2c(C(=O)O)n(-c3ccccc3)c3cc(Cl)c(F)cc23)CC1. The lowest BCUT2D eigenvalue weighted by atomic mass is 9.87. The Morgan fingerprint density at radius 2 is 1.85 bits per heavy atom. The van der Waals surface area contributed by atoms with Gasteiger partial charge < -0.3 is 14.6 Å². The van der Waals surface area contributed by atoms with Crippen LogP contribution in [0.5, 0.6) is 0 Å². The van der Waals surface area contributed by atoms with Gasteiger partial charge in [0.15, 0.2) is 0 Å². The number of rotatable bonds is 3. The lowest BCUT2D eigenvalue weighted by Crippen LogP contribution is -2.29. The summed E-state index contributed by atoms with van der Waals surface area (Å²) < 4.78 is 16.0. The Balaban J connectivity index is 2.05. The maximum absolute atomic E-state index is 14.3. The summed E-state index contributed by atoms with van der Waals surface area (Å²) in [6.07, 6.45) is 1.68. The van der Waals surface area contributed by atoms with Crippen molar-refractivity contribution in [2.75, 3.05) is 20.1 Å². The van der Waals surface area contributed by atoms with Gasteiger partial charge in [-0.3, -0.25) is 0 Å². The first-order valence-electron chi connectivity index (χ1n) is 8.98. The smallest absolute Gasteiger partial charge is 0.353 e. The van der Waals surface area contributed by atoms with E-state index in [0.717, 1.165) is 31.6 Å². The number of halogens is 2. The standard InChI is InChI=1S/C21H20ClFN2O2/c1-24-9-7-13(8-10-24)19-15-11-17(23)16(22)12-18(15)25(20(19)21(26)27)14-5-3-2-4-6-14/h2-6,11-13H,7-10H2,1H3,(H,26,27). The van der Waals surface area contributed by atoms with Crippen LogP contribution in [0.25, 0.3) is 16.6 Å². The molecular weight excluding hydrogens is 367 g/mol. The second kappa shape index (κ2) is 6.98. The third-order valence-electron chi connectivity index (χ3n) is 5.39. The van der Waals surface area contributed by atoms with Gasteiger partial charge in [0.2, 0.25) is 0 Å². The summed E-state index contributed by atoms with van der Waals surface area (Å²) in [5.41, 5.74) is 2.26. The summed E-state index contributed by atoms with van der Waals surface area (Å²) in [5.74, 6) is -1.47. The van der Waals surface area contributed by atoms with E-state index in [-0.39, 0.29) is 16.6 Å². The molecule has 0 bridgehead atoms. The van der Waals surface area contributed by atoms with E-state index in [2.05, 4.69) is 11.9 Å². The number of likely N-dealkylation sites (tertiary alicyclic amines) is 1. The molecule has 0 atom stereocenters. The number of carboxylic acid groups (broad SMARTS) is 1. The number of piperidine rings is 1. The second-order valence-electron chi connectivity index (χ2n) is 7.10. The third kappa shape index (κ3) is 3.11. The molecule has 1 N–H and O–H groups in total. The molecule has 0 amide bonds.